The number of likely N-dealkylation sites (N-methyl/N-ethyl adjacent to an activating group) is 1. The van der Waals surface area contributed by atoms with Crippen molar-refractivity contribution >= 4 is 17.7 Å². The van der Waals surface area contributed by atoms with Gasteiger partial charge in [-0.1, -0.05) is 0 Å². The highest BCUT2D eigenvalue weighted by Gasteiger charge is 2.36. The van der Waals surface area contributed by atoms with Crippen molar-refractivity contribution in [2.45, 2.75) is 18.4 Å². The zero-order chi connectivity index (χ0) is 15.3. The second-order valence-corrected chi connectivity index (χ2v) is 7.54. The Balaban J connectivity index is 1.86. The summed E-state index contributed by atoms with van der Waals surface area (Å²) in [6, 6.07) is 0. The van der Waals surface area contributed by atoms with E-state index in [0.717, 1.165) is 32.3 Å². The van der Waals surface area contributed by atoms with Crippen molar-refractivity contribution in [3.8, 4) is 0 Å². The molecule has 2 aliphatic rings. The first kappa shape index (κ1) is 16.9. The molecule has 2 rings (SSSR count). The molecule has 6 heteroatoms. The Morgan fingerprint density at radius 2 is 2.24 bits per heavy atom. The van der Waals surface area contributed by atoms with Crippen molar-refractivity contribution in [1.82, 2.24) is 15.1 Å². The fourth-order valence-corrected chi connectivity index (χ4v) is 4.63. The Kier molecular flexibility index (Phi) is 6.20. The predicted molar refractivity (Wildman–Crippen MR) is 91.3 cm³/mol. The Morgan fingerprint density at radius 1 is 1.43 bits per heavy atom. The third-order valence-electron chi connectivity index (χ3n) is 4.74. The molecule has 0 radical (unpaired) electrons. The van der Waals surface area contributed by atoms with Crippen LogP contribution in [-0.4, -0.2) is 87.3 Å². The number of hydrogen-bond acceptors (Lipinski definition) is 4. The molecule has 0 aromatic carbocycles. The van der Waals surface area contributed by atoms with E-state index in [9.17, 15) is 0 Å². The van der Waals surface area contributed by atoms with Gasteiger partial charge in [0.1, 0.15) is 0 Å². The quantitative estimate of drug-likeness (QED) is 0.605. The lowest BCUT2D eigenvalue weighted by Crippen LogP contribution is -2.55. The fourth-order valence-electron chi connectivity index (χ4n) is 3.08. The van der Waals surface area contributed by atoms with E-state index in [0.29, 0.717) is 5.92 Å². The SMILES string of the molecule is CN=C(NCC1(N(C)C)CCSC1)N(C)CC1CCOC1. The van der Waals surface area contributed by atoms with Gasteiger partial charge in [0.2, 0.25) is 0 Å². The first-order valence-corrected chi connectivity index (χ1v) is 8.97. The van der Waals surface area contributed by atoms with E-state index in [1.807, 2.05) is 7.05 Å². The number of rotatable bonds is 5. The Labute approximate surface area is 133 Å². The number of nitrogens with zero attached hydrogens (tertiary/aromatic N) is 3. The maximum absolute atomic E-state index is 5.46. The summed E-state index contributed by atoms with van der Waals surface area (Å²) in [7, 11) is 8.38. The lowest BCUT2D eigenvalue weighted by atomic mass is 9.97. The highest BCUT2D eigenvalue weighted by atomic mass is 32.2. The van der Waals surface area contributed by atoms with Gasteiger partial charge in [-0.3, -0.25) is 4.99 Å². The molecule has 2 saturated heterocycles. The molecule has 0 aromatic rings. The molecule has 0 aromatic heterocycles. The van der Waals surface area contributed by atoms with Crippen molar-refractivity contribution in [1.29, 1.82) is 0 Å². The van der Waals surface area contributed by atoms with Crippen LogP contribution in [-0.2, 0) is 4.74 Å². The Hall–Kier alpha value is -0.460. The number of ether oxygens (including phenoxy) is 1. The molecule has 2 atom stereocenters. The summed E-state index contributed by atoms with van der Waals surface area (Å²) >= 11 is 2.05. The monoisotopic (exact) mass is 314 g/mol. The van der Waals surface area contributed by atoms with Gasteiger partial charge in [-0.15, -0.1) is 0 Å². The highest BCUT2D eigenvalue weighted by molar-refractivity contribution is 7.99. The van der Waals surface area contributed by atoms with E-state index < -0.39 is 0 Å². The van der Waals surface area contributed by atoms with Crippen LogP contribution < -0.4 is 5.32 Å². The molecule has 2 fully saturated rings. The minimum absolute atomic E-state index is 0.262. The summed E-state index contributed by atoms with van der Waals surface area (Å²) in [4.78, 5) is 9.06. The number of thioether (sulfide) groups is 1. The van der Waals surface area contributed by atoms with Gasteiger partial charge >= 0.3 is 0 Å². The third kappa shape index (κ3) is 4.27. The average Bonchev–Trinajstić information content (AvgIpc) is 3.11. The second kappa shape index (κ2) is 7.70. The van der Waals surface area contributed by atoms with Crippen LogP contribution in [0.3, 0.4) is 0 Å². The third-order valence-corrected chi connectivity index (χ3v) is 5.97. The van der Waals surface area contributed by atoms with Crippen molar-refractivity contribution in [3.63, 3.8) is 0 Å². The van der Waals surface area contributed by atoms with Crippen LogP contribution in [0.1, 0.15) is 12.8 Å². The normalized spacial score (nSPS) is 30.1. The van der Waals surface area contributed by atoms with Crippen molar-refractivity contribution in [2.24, 2.45) is 10.9 Å². The van der Waals surface area contributed by atoms with Gasteiger partial charge in [0.05, 0.1) is 6.61 Å². The number of aliphatic imine (C=N–C) groups is 1. The van der Waals surface area contributed by atoms with Gasteiger partial charge in [0, 0.05) is 51.0 Å². The topological polar surface area (TPSA) is 40.1 Å². The molecule has 0 saturated carbocycles. The van der Waals surface area contributed by atoms with Gasteiger partial charge in [-0.2, -0.15) is 11.8 Å². The second-order valence-electron chi connectivity index (χ2n) is 6.43. The molecular formula is C15H30N4OS. The molecule has 2 aliphatic heterocycles. The van der Waals surface area contributed by atoms with Crippen LogP contribution in [0.5, 0.6) is 0 Å². The van der Waals surface area contributed by atoms with Crippen LogP contribution in [0.2, 0.25) is 0 Å². The van der Waals surface area contributed by atoms with E-state index >= 15 is 0 Å². The maximum Gasteiger partial charge on any atom is 0.193 e. The van der Waals surface area contributed by atoms with Gasteiger partial charge in [-0.25, -0.2) is 0 Å². The fraction of sp³-hybridized carbons (Fsp3) is 0.933. The molecule has 0 bridgehead atoms. The molecule has 21 heavy (non-hydrogen) atoms. The standard InChI is InChI=1S/C15H30N4OS/c1-16-14(19(4)9-13-5-7-20-10-13)17-11-15(18(2)3)6-8-21-12-15/h13H,5-12H2,1-4H3,(H,16,17). The summed E-state index contributed by atoms with van der Waals surface area (Å²) < 4.78 is 5.46. The van der Waals surface area contributed by atoms with Gasteiger partial charge in [0.25, 0.3) is 0 Å². The summed E-state index contributed by atoms with van der Waals surface area (Å²) in [6.45, 7) is 3.78. The summed E-state index contributed by atoms with van der Waals surface area (Å²) in [5.74, 6) is 4.09. The van der Waals surface area contributed by atoms with Crippen LogP contribution in [0.25, 0.3) is 0 Å². The Morgan fingerprint density at radius 3 is 2.76 bits per heavy atom. The van der Waals surface area contributed by atoms with Gasteiger partial charge in [-0.05, 0) is 32.7 Å². The number of guanidine groups is 1. The van der Waals surface area contributed by atoms with E-state index in [2.05, 4.69) is 53.0 Å². The van der Waals surface area contributed by atoms with Crippen LogP contribution >= 0.6 is 11.8 Å². The van der Waals surface area contributed by atoms with Crippen molar-refractivity contribution < 1.29 is 4.74 Å². The number of hydrogen-bond donors (Lipinski definition) is 1. The van der Waals surface area contributed by atoms with Crippen LogP contribution in [0, 0.1) is 5.92 Å². The lowest BCUT2D eigenvalue weighted by molar-refractivity contribution is 0.177. The minimum atomic E-state index is 0.262. The zero-order valence-electron chi connectivity index (χ0n) is 13.9. The van der Waals surface area contributed by atoms with E-state index in [4.69, 9.17) is 4.74 Å². The molecule has 2 unspecified atom stereocenters. The van der Waals surface area contributed by atoms with E-state index in [1.165, 1.54) is 24.3 Å². The Bertz CT molecular complexity index is 350. The smallest absolute Gasteiger partial charge is 0.193 e. The summed E-state index contributed by atoms with van der Waals surface area (Å²) in [5.41, 5.74) is 0.262. The highest BCUT2D eigenvalue weighted by Crippen LogP contribution is 2.31. The predicted octanol–water partition coefficient (Wildman–Crippen LogP) is 0.967. The largest absolute Gasteiger partial charge is 0.381 e. The molecule has 0 spiro atoms. The molecular weight excluding hydrogens is 284 g/mol. The van der Waals surface area contributed by atoms with E-state index in [1.54, 1.807) is 0 Å². The van der Waals surface area contributed by atoms with Crippen molar-refractivity contribution in [2.75, 3.05) is 66.0 Å². The molecule has 1 N–H and O–H groups in total. The first-order valence-electron chi connectivity index (χ1n) is 7.82. The average molecular weight is 314 g/mol. The van der Waals surface area contributed by atoms with Crippen LogP contribution in [0.4, 0.5) is 0 Å². The van der Waals surface area contributed by atoms with E-state index in [-0.39, 0.29) is 5.54 Å². The first-order chi connectivity index (χ1) is 10.1. The van der Waals surface area contributed by atoms with Gasteiger partial charge < -0.3 is 19.9 Å². The molecule has 5 nitrogen and oxygen atoms in total. The number of nitrogens with one attached hydrogen (secondary N) is 1. The summed E-state index contributed by atoms with van der Waals surface area (Å²) in [6.07, 6.45) is 2.41. The summed E-state index contributed by atoms with van der Waals surface area (Å²) in [5, 5.41) is 3.59. The van der Waals surface area contributed by atoms with Crippen molar-refractivity contribution in [3.05, 3.63) is 0 Å². The molecule has 0 amide bonds. The molecule has 2 heterocycles. The van der Waals surface area contributed by atoms with Gasteiger partial charge in [0.15, 0.2) is 5.96 Å². The molecule has 0 aliphatic carbocycles. The lowest BCUT2D eigenvalue weighted by Gasteiger charge is -2.37. The van der Waals surface area contributed by atoms with Crippen LogP contribution in [0.15, 0.2) is 4.99 Å². The maximum atomic E-state index is 5.46. The minimum Gasteiger partial charge on any atom is -0.381 e. The zero-order valence-corrected chi connectivity index (χ0v) is 14.7. The molecule has 122 valence electrons.